The molecule has 0 spiro atoms. The lowest BCUT2D eigenvalue weighted by Gasteiger charge is -2.36. The highest BCUT2D eigenvalue weighted by Gasteiger charge is 2.29. The molecule has 16 heavy (non-hydrogen) atoms. The summed E-state index contributed by atoms with van der Waals surface area (Å²) < 4.78 is 11.1. The maximum absolute atomic E-state index is 5.61. The number of nitrogens with two attached hydrogens (primary N) is 1. The summed E-state index contributed by atoms with van der Waals surface area (Å²) in [6.45, 7) is 5.93. The maximum Gasteiger partial charge on any atom is 0.318 e. The lowest BCUT2D eigenvalue weighted by molar-refractivity contribution is 0.0277. The van der Waals surface area contributed by atoms with Gasteiger partial charge in [0.15, 0.2) is 0 Å². The average Bonchev–Trinajstić information content (AvgIpc) is 2.77. The second-order valence-corrected chi connectivity index (χ2v) is 4.04. The van der Waals surface area contributed by atoms with Crippen molar-refractivity contribution in [1.82, 2.24) is 10.2 Å². The van der Waals surface area contributed by atoms with Crippen molar-refractivity contribution < 1.29 is 9.15 Å². The first-order chi connectivity index (χ1) is 7.74. The van der Waals surface area contributed by atoms with E-state index in [0.29, 0.717) is 24.6 Å². The largest absolute Gasteiger partial charge is 0.407 e. The molecule has 2 atom stereocenters. The Balaban J connectivity index is 2.15. The SMILES string of the molecule is CCC1COC(C)CN1c1nnc(CN)o1. The van der Waals surface area contributed by atoms with Crippen LogP contribution in [0.3, 0.4) is 0 Å². The van der Waals surface area contributed by atoms with Gasteiger partial charge in [0.1, 0.15) is 0 Å². The van der Waals surface area contributed by atoms with Gasteiger partial charge in [-0.15, -0.1) is 5.10 Å². The van der Waals surface area contributed by atoms with Crippen LogP contribution < -0.4 is 10.6 Å². The number of aromatic nitrogens is 2. The van der Waals surface area contributed by atoms with E-state index in [1.54, 1.807) is 0 Å². The molecule has 1 fully saturated rings. The van der Waals surface area contributed by atoms with Crippen LogP contribution in [0.15, 0.2) is 4.42 Å². The summed E-state index contributed by atoms with van der Waals surface area (Å²) in [5.41, 5.74) is 5.45. The minimum atomic E-state index is 0.191. The van der Waals surface area contributed by atoms with Gasteiger partial charge >= 0.3 is 6.01 Å². The van der Waals surface area contributed by atoms with Crippen LogP contribution in [0.4, 0.5) is 6.01 Å². The van der Waals surface area contributed by atoms with Gasteiger partial charge in [0.25, 0.3) is 0 Å². The van der Waals surface area contributed by atoms with Crippen molar-refractivity contribution in [3.8, 4) is 0 Å². The summed E-state index contributed by atoms with van der Waals surface area (Å²) in [5.74, 6) is 0.476. The highest BCUT2D eigenvalue weighted by molar-refractivity contribution is 5.28. The molecule has 2 rings (SSSR count). The zero-order valence-corrected chi connectivity index (χ0v) is 9.72. The number of hydrogen-bond acceptors (Lipinski definition) is 6. The third kappa shape index (κ3) is 2.17. The van der Waals surface area contributed by atoms with Crippen LogP contribution in [0.5, 0.6) is 0 Å². The summed E-state index contributed by atoms with van der Waals surface area (Å²) in [5, 5.41) is 7.90. The van der Waals surface area contributed by atoms with Crippen LogP contribution in [0.2, 0.25) is 0 Å². The Bertz CT molecular complexity index is 341. The number of hydrogen-bond donors (Lipinski definition) is 1. The van der Waals surface area contributed by atoms with Gasteiger partial charge in [-0.25, -0.2) is 0 Å². The smallest absolute Gasteiger partial charge is 0.318 e. The Morgan fingerprint density at radius 3 is 2.94 bits per heavy atom. The quantitative estimate of drug-likeness (QED) is 0.810. The summed E-state index contributed by atoms with van der Waals surface area (Å²) in [7, 11) is 0. The molecule has 2 unspecified atom stereocenters. The second kappa shape index (κ2) is 4.80. The van der Waals surface area contributed by atoms with Gasteiger partial charge in [0.05, 0.1) is 25.3 Å². The molecule has 2 heterocycles. The van der Waals surface area contributed by atoms with Gasteiger partial charge in [0, 0.05) is 6.54 Å². The molecule has 0 saturated carbocycles. The van der Waals surface area contributed by atoms with E-state index < -0.39 is 0 Å². The molecule has 0 amide bonds. The molecule has 6 nitrogen and oxygen atoms in total. The number of anilines is 1. The molecule has 0 bridgehead atoms. The molecule has 1 aliphatic heterocycles. The lowest BCUT2D eigenvalue weighted by atomic mass is 10.1. The van der Waals surface area contributed by atoms with Gasteiger partial charge in [0.2, 0.25) is 5.89 Å². The summed E-state index contributed by atoms with van der Waals surface area (Å²) >= 11 is 0. The molecule has 1 aromatic heterocycles. The van der Waals surface area contributed by atoms with Crippen molar-refractivity contribution in [2.45, 2.75) is 39.0 Å². The minimum absolute atomic E-state index is 0.191. The third-order valence-corrected chi connectivity index (χ3v) is 2.82. The summed E-state index contributed by atoms with van der Waals surface area (Å²) in [6.07, 6.45) is 1.18. The number of ether oxygens (including phenoxy) is 1. The first kappa shape index (κ1) is 11.3. The Labute approximate surface area is 94.8 Å². The van der Waals surface area contributed by atoms with E-state index in [9.17, 15) is 0 Å². The Morgan fingerprint density at radius 1 is 1.50 bits per heavy atom. The molecule has 6 heteroatoms. The fraction of sp³-hybridized carbons (Fsp3) is 0.800. The van der Waals surface area contributed by atoms with E-state index in [1.807, 2.05) is 6.92 Å². The molecule has 1 aromatic rings. The van der Waals surface area contributed by atoms with E-state index in [2.05, 4.69) is 22.0 Å². The van der Waals surface area contributed by atoms with Gasteiger partial charge in [-0.2, -0.15) is 0 Å². The molecule has 2 N–H and O–H groups in total. The van der Waals surface area contributed by atoms with Crippen molar-refractivity contribution in [3.63, 3.8) is 0 Å². The molecular formula is C10H18N4O2. The predicted octanol–water partition coefficient (Wildman–Crippen LogP) is 0.532. The molecule has 0 aliphatic carbocycles. The fourth-order valence-electron chi connectivity index (χ4n) is 1.86. The van der Waals surface area contributed by atoms with Crippen LogP contribution in [0.1, 0.15) is 26.2 Å². The van der Waals surface area contributed by atoms with Gasteiger partial charge in [-0.1, -0.05) is 12.0 Å². The topological polar surface area (TPSA) is 77.4 Å². The van der Waals surface area contributed by atoms with Crippen molar-refractivity contribution in [3.05, 3.63) is 5.89 Å². The second-order valence-electron chi connectivity index (χ2n) is 4.04. The van der Waals surface area contributed by atoms with E-state index in [0.717, 1.165) is 13.0 Å². The Hall–Kier alpha value is -1.14. The highest BCUT2D eigenvalue weighted by Crippen LogP contribution is 2.21. The van der Waals surface area contributed by atoms with Crippen LogP contribution in [-0.2, 0) is 11.3 Å². The Kier molecular flexibility index (Phi) is 3.40. The first-order valence-electron chi connectivity index (χ1n) is 5.65. The highest BCUT2D eigenvalue weighted by atomic mass is 16.5. The van der Waals surface area contributed by atoms with Crippen LogP contribution in [0, 0.1) is 0 Å². The normalized spacial score (nSPS) is 26.1. The number of morpholine rings is 1. The predicted molar refractivity (Wildman–Crippen MR) is 59.0 cm³/mol. The van der Waals surface area contributed by atoms with Crippen molar-refractivity contribution >= 4 is 6.01 Å². The zero-order chi connectivity index (χ0) is 11.5. The molecule has 1 aliphatic rings. The van der Waals surface area contributed by atoms with Crippen molar-refractivity contribution in [2.24, 2.45) is 5.73 Å². The summed E-state index contributed by atoms with van der Waals surface area (Å²) in [6, 6.07) is 0.865. The van der Waals surface area contributed by atoms with E-state index in [1.165, 1.54) is 0 Å². The van der Waals surface area contributed by atoms with E-state index in [-0.39, 0.29) is 12.6 Å². The van der Waals surface area contributed by atoms with Crippen LogP contribution >= 0.6 is 0 Å². The third-order valence-electron chi connectivity index (χ3n) is 2.82. The van der Waals surface area contributed by atoms with Crippen molar-refractivity contribution in [2.75, 3.05) is 18.1 Å². The number of nitrogens with zero attached hydrogens (tertiary/aromatic N) is 3. The van der Waals surface area contributed by atoms with E-state index in [4.69, 9.17) is 14.9 Å². The Morgan fingerprint density at radius 2 is 2.31 bits per heavy atom. The number of rotatable bonds is 3. The van der Waals surface area contributed by atoms with Gasteiger partial charge in [-0.3, -0.25) is 0 Å². The zero-order valence-electron chi connectivity index (χ0n) is 9.72. The van der Waals surface area contributed by atoms with Crippen molar-refractivity contribution in [1.29, 1.82) is 0 Å². The fourth-order valence-corrected chi connectivity index (χ4v) is 1.86. The molecule has 90 valence electrons. The average molecular weight is 226 g/mol. The lowest BCUT2D eigenvalue weighted by Crippen LogP contribution is -2.48. The van der Waals surface area contributed by atoms with Gasteiger partial charge < -0.3 is 19.8 Å². The molecule has 0 aromatic carbocycles. The van der Waals surface area contributed by atoms with Gasteiger partial charge in [-0.05, 0) is 13.3 Å². The standard InChI is InChI=1S/C10H18N4O2/c1-3-8-6-15-7(2)5-14(8)10-13-12-9(4-11)16-10/h7-8H,3-6,11H2,1-2H3. The summed E-state index contributed by atoms with van der Waals surface area (Å²) in [4.78, 5) is 2.11. The maximum atomic E-state index is 5.61. The molecule has 1 saturated heterocycles. The molecular weight excluding hydrogens is 208 g/mol. The van der Waals surface area contributed by atoms with Crippen LogP contribution in [-0.4, -0.2) is 35.5 Å². The minimum Gasteiger partial charge on any atom is -0.407 e. The van der Waals surface area contributed by atoms with E-state index >= 15 is 0 Å². The van der Waals surface area contributed by atoms with Crippen LogP contribution in [0.25, 0.3) is 0 Å². The first-order valence-corrected chi connectivity index (χ1v) is 5.65. The monoisotopic (exact) mass is 226 g/mol. The molecule has 0 radical (unpaired) electrons.